The van der Waals surface area contributed by atoms with E-state index in [9.17, 15) is 24.8 Å². The van der Waals surface area contributed by atoms with Crippen molar-refractivity contribution < 1.29 is 24.4 Å². The van der Waals surface area contributed by atoms with Crippen LogP contribution in [0.15, 0.2) is 29.4 Å². The third kappa shape index (κ3) is 2.94. The van der Waals surface area contributed by atoms with E-state index in [0.29, 0.717) is 11.3 Å². The van der Waals surface area contributed by atoms with E-state index in [0.717, 1.165) is 0 Å². The summed E-state index contributed by atoms with van der Waals surface area (Å²) in [6.45, 7) is 3.25. The van der Waals surface area contributed by atoms with E-state index in [1.54, 1.807) is 13.0 Å². The molecule has 1 aromatic rings. The molecule has 0 bridgehead atoms. The van der Waals surface area contributed by atoms with Crippen molar-refractivity contribution in [3.63, 3.8) is 0 Å². The number of hydrogen-bond donors (Lipinski definition) is 2. The lowest BCUT2D eigenvalue weighted by Gasteiger charge is -2.43. The van der Waals surface area contributed by atoms with Gasteiger partial charge in [-0.1, -0.05) is 12.1 Å². The van der Waals surface area contributed by atoms with Crippen LogP contribution in [0.4, 0.5) is 5.69 Å². The third-order valence-corrected chi connectivity index (χ3v) is 4.88. The first-order valence-electron chi connectivity index (χ1n) is 8.26. The van der Waals surface area contributed by atoms with Gasteiger partial charge in [0.15, 0.2) is 0 Å². The minimum atomic E-state index is -1.51. The van der Waals surface area contributed by atoms with Gasteiger partial charge in [-0.05, 0) is 19.4 Å². The molecule has 26 heavy (non-hydrogen) atoms. The number of nitro benzene ring substituents is 1. The predicted octanol–water partition coefficient (Wildman–Crippen LogP) is 1.11. The van der Waals surface area contributed by atoms with E-state index >= 15 is 0 Å². The van der Waals surface area contributed by atoms with Crippen LogP contribution in [-0.2, 0) is 14.3 Å². The predicted molar refractivity (Wildman–Crippen MR) is 90.3 cm³/mol. The third-order valence-electron chi connectivity index (χ3n) is 4.88. The molecular weight excluding hydrogens is 342 g/mol. The maximum absolute atomic E-state index is 12.6. The summed E-state index contributed by atoms with van der Waals surface area (Å²) in [4.78, 5) is 35.6. The lowest BCUT2D eigenvalue weighted by atomic mass is 9.61. The zero-order valence-corrected chi connectivity index (χ0v) is 14.3. The van der Waals surface area contributed by atoms with Gasteiger partial charge in [0.2, 0.25) is 5.91 Å². The Morgan fingerprint density at radius 2 is 2.27 bits per heavy atom. The Labute approximate surface area is 149 Å². The molecule has 1 aliphatic heterocycles. The molecule has 1 fully saturated rings. The number of ether oxygens (including phenoxy) is 1. The van der Waals surface area contributed by atoms with E-state index in [1.165, 1.54) is 25.1 Å². The van der Waals surface area contributed by atoms with Crippen LogP contribution in [-0.4, -0.2) is 39.8 Å². The van der Waals surface area contributed by atoms with Crippen LogP contribution in [0.1, 0.15) is 31.7 Å². The summed E-state index contributed by atoms with van der Waals surface area (Å²) in [5, 5.41) is 26.0. The molecule has 138 valence electrons. The first-order valence-corrected chi connectivity index (χ1v) is 8.26. The zero-order valence-electron chi connectivity index (χ0n) is 14.3. The number of hydrazone groups is 1. The Kier molecular flexibility index (Phi) is 4.49. The average molecular weight is 361 g/mol. The van der Waals surface area contributed by atoms with Crippen molar-refractivity contribution in [3.05, 3.63) is 39.9 Å². The molecule has 1 aromatic carbocycles. The van der Waals surface area contributed by atoms with Crippen molar-refractivity contribution in [1.82, 2.24) is 5.43 Å². The van der Waals surface area contributed by atoms with Crippen LogP contribution >= 0.6 is 0 Å². The molecule has 4 atom stereocenters. The second-order valence-corrected chi connectivity index (χ2v) is 6.70. The van der Waals surface area contributed by atoms with Gasteiger partial charge < -0.3 is 9.84 Å². The molecule has 0 radical (unpaired) electrons. The van der Waals surface area contributed by atoms with Gasteiger partial charge in [0.05, 0.1) is 34.7 Å². The van der Waals surface area contributed by atoms with Crippen molar-refractivity contribution in [2.75, 3.05) is 6.61 Å². The highest BCUT2D eigenvalue weighted by molar-refractivity contribution is 6.10. The Morgan fingerprint density at radius 3 is 2.92 bits per heavy atom. The standard InChI is InChI=1S/C17H19N3O6/c1-3-26-16(22)14-12(9-5-4-6-10(7-9)20(24)25)13-11(8-17(14,2)23)18-19-15(13)21/h4-7,12-14,23H,3,8H2,1-2H3,(H,19,21)/t12-,13+,14+,17+/m1/s1. The molecule has 3 rings (SSSR count). The molecule has 1 aliphatic carbocycles. The van der Waals surface area contributed by atoms with Crippen LogP contribution < -0.4 is 5.43 Å². The monoisotopic (exact) mass is 361 g/mol. The number of benzene rings is 1. The fourth-order valence-electron chi connectivity index (χ4n) is 3.86. The maximum Gasteiger partial charge on any atom is 0.312 e. The molecule has 9 nitrogen and oxygen atoms in total. The van der Waals surface area contributed by atoms with Crippen molar-refractivity contribution in [2.24, 2.45) is 16.9 Å². The van der Waals surface area contributed by atoms with E-state index in [4.69, 9.17) is 4.74 Å². The van der Waals surface area contributed by atoms with Gasteiger partial charge in [-0.2, -0.15) is 5.10 Å². The zero-order chi connectivity index (χ0) is 19.1. The number of carbonyl (C=O) groups is 2. The summed E-state index contributed by atoms with van der Waals surface area (Å²) < 4.78 is 5.13. The summed E-state index contributed by atoms with van der Waals surface area (Å²) in [5.74, 6) is -3.71. The fraction of sp³-hybridized carbons (Fsp3) is 0.471. The number of nitrogens with one attached hydrogen (secondary N) is 1. The molecule has 0 saturated heterocycles. The van der Waals surface area contributed by atoms with Gasteiger partial charge in [0.25, 0.3) is 5.69 Å². The normalized spacial score (nSPS) is 30.2. The second-order valence-electron chi connectivity index (χ2n) is 6.70. The molecule has 1 amide bonds. The molecule has 2 N–H and O–H groups in total. The lowest BCUT2D eigenvalue weighted by Crippen LogP contribution is -2.54. The number of carbonyl (C=O) groups excluding carboxylic acids is 2. The highest BCUT2D eigenvalue weighted by atomic mass is 16.6. The summed E-state index contributed by atoms with van der Waals surface area (Å²) in [5.41, 5.74) is 1.55. The van der Waals surface area contributed by atoms with Gasteiger partial charge in [-0.15, -0.1) is 0 Å². The topological polar surface area (TPSA) is 131 Å². The molecule has 2 aliphatic rings. The number of rotatable bonds is 4. The average Bonchev–Trinajstić information content (AvgIpc) is 2.93. The fourth-order valence-corrected chi connectivity index (χ4v) is 3.86. The van der Waals surface area contributed by atoms with Gasteiger partial charge in [0.1, 0.15) is 0 Å². The maximum atomic E-state index is 12.6. The highest BCUT2D eigenvalue weighted by Crippen LogP contribution is 2.48. The Balaban J connectivity index is 2.15. The van der Waals surface area contributed by atoms with Crippen LogP contribution in [0.2, 0.25) is 0 Å². The van der Waals surface area contributed by atoms with Crippen molar-refractivity contribution in [3.8, 4) is 0 Å². The molecule has 9 heteroatoms. The lowest BCUT2D eigenvalue weighted by molar-refractivity contribution is -0.385. The van der Waals surface area contributed by atoms with Crippen LogP contribution in [0.5, 0.6) is 0 Å². The quantitative estimate of drug-likeness (QED) is 0.469. The Hall–Kier alpha value is -2.81. The summed E-state index contributed by atoms with van der Waals surface area (Å²) in [6, 6.07) is 5.74. The van der Waals surface area contributed by atoms with Gasteiger partial charge in [-0.3, -0.25) is 19.7 Å². The Bertz CT molecular complexity index is 803. The molecule has 0 unspecified atom stereocenters. The number of nitrogens with zero attached hydrogens (tertiary/aromatic N) is 2. The smallest absolute Gasteiger partial charge is 0.312 e. The minimum absolute atomic E-state index is 0.0331. The van der Waals surface area contributed by atoms with Crippen LogP contribution in [0.25, 0.3) is 0 Å². The SMILES string of the molecule is CCOC(=O)[C@@H]1[C@H](c2cccc([N+](=O)[O-])c2)[C@H]2C(=O)NN=C2C[C@]1(C)O. The summed E-state index contributed by atoms with van der Waals surface area (Å²) >= 11 is 0. The van der Waals surface area contributed by atoms with Gasteiger partial charge >= 0.3 is 5.97 Å². The van der Waals surface area contributed by atoms with Gasteiger partial charge in [0, 0.05) is 24.5 Å². The summed E-state index contributed by atoms with van der Waals surface area (Å²) in [6.07, 6.45) is 0.0331. The number of esters is 1. The van der Waals surface area contributed by atoms with E-state index in [-0.39, 0.29) is 18.7 Å². The molecular formula is C17H19N3O6. The van der Waals surface area contributed by atoms with Crippen molar-refractivity contribution >= 4 is 23.3 Å². The van der Waals surface area contributed by atoms with E-state index in [2.05, 4.69) is 10.5 Å². The van der Waals surface area contributed by atoms with E-state index in [1.807, 2.05) is 0 Å². The summed E-state index contributed by atoms with van der Waals surface area (Å²) in [7, 11) is 0. The molecule has 0 aromatic heterocycles. The van der Waals surface area contributed by atoms with Gasteiger partial charge in [-0.25, -0.2) is 5.43 Å². The molecule has 1 heterocycles. The first kappa shape index (κ1) is 18.0. The number of aliphatic hydroxyl groups is 1. The number of non-ortho nitro benzene ring substituents is 1. The number of nitro groups is 1. The molecule has 0 spiro atoms. The Morgan fingerprint density at radius 1 is 1.54 bits per heavy atom. The number of hydrogen-bond acceptors (Lipinski definition) is 7. The van der Waals surface area contributed by atoms with E-state index < -0.39 is 40.2 Å². The van der Waals surface area contributed by atoms with Crippen molar-refractivity contribution in [2.45, 2.75) is 31.8 Å². The van der Waals surface area contributed by atoms with Crippen LogP contribution in [0, 0.1) is 22.0 Å². The van der Waals surface area contributed by atoms with Crippen LogP contribution in [0.3, 0.4) is 0 Å². The first-order chi connectivity index (χ1) is 12.3. The van der Waals surface area contributed by atoms with Crippen molar-refractivity contribution in [1.29, 1.82) is 0 Å². The number of fused-ring (bicyclic) bond motifs is 1. The number of amides is 1. The largest absolute Gasteiger partial charge is 0.466 e. The molecule has 1 saturated carbocycles. The second kappa shape index (κ2) is 6.49. The highest BCUT2D eigenvalue weighted by Gasteiger charge is 2.57. The minimum Gasteiger partial charge on any atom is -0.466 e.